The van der Waals surface area contributed by atoms with Crippen LogP contribution in [0.4, 0.5) is 16.2 Å². The van der Waals surface area contributed by atoms with Crippen molar-refractivity contribution in [1.29, 1.82) is 0 Å². The van der Waals surface area contributed by atoms with Gasteiger partial charge in [0.05, 0.1) is 17.4 Å². The summed E-state index contributed by atoms with van der Waals surface area (Å²) in [5.74, 6) is 0. The van der Waals surface area contributed by atoms with Gasteiger partial charge < -0.3 is 15.5 Å². The van der Waals surface area contributed by atoms with E-state index in [1.54, 1.807) is 0 Å². The third-order valence-electron chi connectivity index (χ3n) is 7.99. The van der Waals surface area contributed by atoms with Crippen LogP contribution in [0.5, 0.6) is 0 Å². The smallest absolute Gasteiger partial charge is 0.321 e. The molecule has 2 aromatic carbocycles. The molecule has 206 valence electrons. The van der Waals surface area contributed by atoms with Gasteiger partial charge in [0, 0.05) is 75.8 Å². The average Bonchev–Trinajstić information content (AvgIpc) is 3.12. The molecule has 1 aromatic heterocycles. The number of anilines is 1. The lowest BCUT2D eigenvalue weighted by atomic mass is 9.93. The van der Waals surface area contributed by atoms with Gasteiger partial charge in [0.15, 0.2) is 0 Å². The van der Waals surface area contributed by atoms with Gasteiger partial charge in [-0.3, -0.25) is 19.8 Å². The second kappa shape index (κ2) is 11.9. The first-order valence-corrected chi connectivity index (χ1v) is 14.2. The van der Waals surface area contributed by atoms with Crippen molar-refractivity contribution in [3.63, 3.8) is 0 Å². The van der Waals surface area contributed by atoms with E-state index in [9.17, 15) is 4.79 Å². The largest absolute Gasteiger partial charge is 0.322 e. The Labute approximate surface area is 240 Å². The zero-order valence-electron chi connectivity index (χ0n) is 22.5. The Morgan fingerprint density at radius 3 is 2.58 bits per heavy atom. The fourth-order valence-corrected chi connectivity index (χ4v) is 6.06. The van der Waals surface area contributed by atoms with E-state index in [-0.39, 0.29) is 12.1 Å². The van der Waals surface area contributed by atoms with Crippen LogP contribution in [0.1, 0.15) is 28.4 Å². The Kier molecular flexibility index (Phi) is 7.93. The van der Waals surface area contributed by atoms with Crippen molar-refractivity contribution < 1.29 is 4.79 Å². The molecule has 0 spiro atoms. The summed E-state index contributed by atoms with van der Waals surface area (Å²) in [6.45, 7) is 11.2. The highest BCUT2D eigenvalue weighted by Crippen LogP contribution is 2.40. The summed E-state index contributed by atoms with van der Waals surface area (Å²) in [6, 6.07) is 17.7. The van der Waals surface area contributed by atoms with Gasteiger partial charge in [-0.25, -0.2) is 4.79 Å². The molecule has 2 saturated heterocycles. The Morgan fingerprint density at radius 2 is 1.82 bits per heavy atom. The summed E-state index contributed by atoms with van der Waals surface area (Å²) >= 11 is 6.58. The minimum absolute atomic E-state index is 0.0237. The third-order valence-corrected chi connectivity index (χ3v) is 8.22. The summed E-state index contributed by atoms with van der Waals surface area (Å²) in [6.07, 6.45) is 4.18. The fourth-order valence-electron chi connectivity index (χ4n) is 5.88. The molecule has 1 unspecified atom stereocenters. The van der Waals surface area contributed by atoms with Gasteiger partial charge in [0.25, 0.3) is 0 Å². The van der Waals surface area contributed by atoms with Crippen molar-refractivity contribution in [3.05, 3.63) is 88.2 Å². The molecule has 6 rings (SSSR count). The van der Waals surface area contributed by atoms with Crippen LogP contribution < -0.4 is 10.6 Å². The number of rotatable bonds is 5. The lowest BCUT2D eigenvalue weighted by Gasteiger charge is -2.39. The number of hydrogen-bond donors (Lipinski definition) is 2. The monoisotopic (exact) mass is 555 g/mol. The molecule has 3 aliphatic rings. The zero-order chi connectivity index (χ0) is 27.5. The van der Waals surface area contributed by atoms with Crippen molar-refractivity contribution >= 4 is 47.4 Å². The van der Waals surface area contributed by atoms with Gasteiger partial charge in [0.1, 0.15) is 0 Å². The van der Waals surface area contributed by atoms with Gasteiger partial charge in [0.2, 0.25) is 0 Å². The maximum Gasteiger partial charge on any atom is 0.321 e. The number of nitrogens with one attached hydrogen (secondary N) is 2. The minimum Gasteiger partial charge on any atom is -0.322 e. The average molecular weight is 556 g/mol. The molecule has 1 aliphatic carbocycles. The van der Waals surface area contributed by atoms with Crippen molar-refractivity contribution in [2.75, 3.05) is 64.2 Å². The first-order valence-electron chi connectivity index (χ1n) is 13.8. The van der Waals surface area contributed by atoms with Crippen LogP contribution in [0.25, 0.3) is 11.6 Å². The number of fused-ring (bicyclic) bond motifs is 2. The molecule has 2 amide bonds. The van der Waals surface area contributed by atoms with E-state index in [1.807, 2.05) is 47.5 Å². The number of piperazine rings is 2. The number of benzene rings is 2. The predicted molar refractivity (Wildman–Crippen MR) is 163 cm³/mol. The molecule has 2 fully saturated rings. The molecule has 40 heavy (non-hydrogen) atoms. The number of carbonyl (C=O) groups excluding carboxylic acids is 1. The molecule has 1 atom stereocenters. The number of carbonyl (C=O) groups is 1. The highest BCUT2D eigenvalue weighted by molar-refractivity contribution is 6.30. The SMILES string of the molecule is C=Nc1ccc(NC(=O)N2CCN(C3c4ccc(Cl)cc4C(CN4CCNCC4)=Cc4cccnc43)CC2)cc1. The van der Waals surface area contributed by atoms with E-state index in [0.29, 0.717) is 13.1 Å². The number of aliphatic imine (C=N–C) groups is 1. The maximum absolute atomic E-state index is 13.0. The molecular formula is C31H34ClN7O. The van der Waals surface area contributed by atoms with Gasteiger partial charge in [-0.05, 0) is 77.5 Å². The first kappa shape index (κ1) is 26.7. The summed E-state index contributed by atoms with van der Waals surface area (Å²) in [4.78, 5) is 28.7. The second-order valence-electron chi connectivity index (χ2n) is 10.5. The minimum atomic E-state index is -0.0921. The van der Waals surface area contributed by atoms with Crippen molar-refractivity contribution in [1.82, 2.24) is 25.0 Å². The number of halogens is 1. The summed E-state index contributed by atoms with van der Waals surface area (Å²) < 4.78 is 0. The highest BCUT2D eigenvalue weighted by Gasteiger charge is 2.34. The van der Waals surface area contributed by atoms with E-state index in [1.165, 1.54) is 16.7 Å². The quantitative estimate of drug-likeness (QED) is 0.444. The number of pyridine rings is 1. The number of urea groups is 1. The molecule has 9 heteroatoms. The Hall–Kier alpha value is -3.56. The van der Waals surface area contributed by atoms with Gasteiger partial charge in [-0.1, -0.05) is 23.7 Å². The number of nitrogens with zero attached hydrogens (tertiary/aromatic N) is 5. The Bertz CT molecular complexity index is 1410. The third kappa shape index (κ3) is 5.67. The molecule has 0 saturated carbocycles. The van der Waals surface area contributed by atoms with Crippen molar-refractivity contribution in [2.24, 2.45) is 4.99 Å². The van der Waals surface area contributed by atoms with Crippen LogP contribution in [-0.2, 0) is 0 Å². The normalized spacial score (nSPS) is 19.7. The second-order valence-corrected chi connectivity index (χ2v) is 10.9. The lowest BCUT2D eigenvalue weighted by Crippen LogP contribution is -2.51. The summed E-state index contributed by atoms with van der Waals surface area (Å²) in [7, 11) is 0. The van der Waals surface area contributed by atoms with Gasteiger partial charge in [-0.15, -0.1) is 0 Å². The molecule has 3 heterocycles. The van der Waals surface area contributed by atoms with Crippen molar-refractivity contribution in [2.45, 2.75) is 6.04 Å². The molecule has 0 bridgehead atoms. The maximum atomic E-state index is 13.0. The van der Waals surface area contributed by atoms with Crippen LogP contribution in [-0.4, -0.2) is 91.3 Å². The molecule has 8 nitrogen and oxygen atoms in total. The molecule has 2 aliphatic heterocycles. The van der Waals surface area contributed by atoms with E-state index < -0.39 is 0 Å². The van der Waals surface area contributed by atoms with Crippen LogP contribution in [0.3, 0.4) is 0 Å². The van der Waals surface area contributed by atoms with E-state index in [4.69, 9.17) is 16.6 Å². The van der Waals surface area contributed by atoms with Crippen LogP contribution >= 0.6 is 11.6 Å². The fraction of sp³-hybridized carbons (Fsp3) is 0.323. The van der Waals surface area contributed by atoms with Gasteiger partial charge >= 0.3 is 6.03 Å². The van der Waals surface area contributed by atoms with E-state index in [2.05, 4.69) is 56.4 Å². The molecule has 2 N–H and O–H groups in total. The van der Waals surface area contributed by atoms with E-state index in [0.717, 1.165) is 73.5 Å². The zero-order valence-corrected chi connectivity index (χ0v) is 23.3. The Morgan fingerprint density at radius 1 is 1.05 bits per heavy atom. The topological polar surface area (TPSA) is 76.1 Å². The lowest BCUT2D eigenvalue weighted by molar-refractivity contribution is 0.125. The summed E-state index contributed by atoms with van der Waals surface area (Å²) in [5.41, 5.74) is 7.39. The molecular weight excluding hydrogens is 522 g/mol. The summed E-state index contributed by atoms with van der Waals surface area (Å²) in [5, 5.41) is 7.20. The Balaban J connectivity index is 1.24. The van der Waals surface area contributed by atoms with Crippen LogP contribution in [0.2, 0.25) is 5.02 Å². The van der Waals surface area contributed by atoms with Crippen LogP contribution in [0.15, 0.2) is 65.8 Å². The highest BCUT2D eigenvalue weighted by atomic mass is 35.5. The number of hydrogen-bond acceptors (Lipinski definition) is 6. The standard InChI is InChI=1S/C31H34ClN7O/c1-33-25-5-7-26(8-6-25)36-31(40)39-17-15-38(16-18-39)30-27-9-4-24(32)20-28(27)23(21-37-13-11-34-12-14-37)19-22-3-2-10-35-29(22)30/h2-10,19-20,30,34H,1,11-18,21H2,(H,36,40). The van der Waals surface area contributed by atoms with E-state index >= 15 is 0 Å². The van der Waals surface area contributed by atoms with Crippen molar-refractivity contribution in [3.8, 4) is 0 Å². The number of amides is 2. The number of aromatic nitrogens is 1. The molecule has 0 radical (unpaired) electrons. The first-order chi connectivity index (χ1) is 19.6. The predicted octanol–water partition coefficient (Wildman–Crippen LogP) is 4.77. The van der Waals surface area contributed by atoms with Gasteiger partial charge in [-0.2, -0.15) is 0 Å². The van der Waals surface area contributed by atoms with Crippen LogP contribution in [0, 0.1) is 0 Å². The molecule has 3 aromatic rings.